The Morgan fingerprint density at radius 2 is 1.81 bits per heavy atom. The Morgan fingerprint density at radius 3 is 2.52 bits per heavy atom. The Balaban J connectivity index is 1.56. The lowest BCUT2D eigenvalue weighted by Gasteiger charge is -2.35. The van der Waals surface area contributed by atoms with Gasteiger partial charge in [0.15, 0.2) is 11.2 Å². The molecule has 0 radical (unpaired) electrons. The summed E-state index contributed by atoms with van der Waals surface area (Å²) in [6, 6.07) is 13.1. The molecule has 2 heterocycles. The summed E-state index contributed by atoms with van der Waals surface area (Å²) >= 11 is 6.12. The first-order chi connectivity index (χ1) is 14.9. The van der Waals surface area contributed by atoms with Gasteiger partial charge in [0.1, 0.15) is 5.58 Å². The predicted molar refractivity (Wildman–Crippen MR) is 124 cm³/mol. The summed E-state index contributed by atoms with van der Waals surface area (Å²) in [6.07, 6.45) is 3.57. The molecule has 1 fully saturated rings. The minimum atomic E-state index is -0.388. The van der Waals surface area contributed by atoms with Crippen molar-refractivity contribution in [2.45, 2.75) is 39.2 Å². The van der Waals surface area contributed by atoms with Crippen molar-refractivity contribution in [3.8, 4) is 0 Å². The Morgan fingerprint density at radius 1 is 1.10 bits per heavy atom. The van der Waals surface area contributed by atoms with Crippen LogP contribution in [-0.2, 0) is 0 Å². The average molecular weight is 439 g/mol. The van der Waals surface area contributed by atoms with Gasteiger partial charge in [-0.25, -0.2) is 0 Å². The SMILES string of the molecule is Cc1ccc([C@@H](CNC(=O)c2cc(=O)c3cc(Cl)c(C)cc3o2)N2CCCCC2)cc1. The zero-order valence-corrected chi connectivity index (χ0v) is 18.7. The quantitative estimate of drug-likeness (QED) is 0.607. The number of fused-ring (bicyclic) bond motifs is 1. The fraction of sp³-hybridized carbons (Fsp3) is 0.360. The van der Waals surface area contributed by atoms with Gasteiger partial charge >= 0.3 is 0 Å². The summed E-state index contributed by atoms with van der Waals surface area (Å²) < 4.78 is 5.76. The predicted octanol–water partition coefficient (Wildman–Crippen LogP) is 5.02. The highest BCUT2D eigenvalue weighted by Gasteiger charge is 2.24. The van der Waals surface area contributed by atoms with Crippen molar-refractivity contribution in [3.63, 3.8) is 0 Å². The summed E-state index contributed by atoms with van der Waals surface area (Å²) in [5, 5.41) is 3.86. The number of carbonyl (C=O) groups is 1. The molecular formula is C25H27ClN2O3. The van der Waals surface area contributed by atoms with Crippen LogP contribution in [0.2, 0.25) is 5.02 Å². The second kappa shape index (κ2) is 9.25. The van der Waals surface area contributed by atoms with Crippen molar-refractivity contribution in [1.82, 2.24) is 10.2 Å². The molecule has 1 aromatic heterocycles. The van der Waals surface area contributed by atoms with Gasteiger partial charge in [0.2, 0.25) is 0 Å². The van der Waals surface area contributed by atoms with Gasteiger partial charge in [0.25, 0.3) is 5.91 Å². The van der Waals surface area contributed by atoms with E-state index in [0.717, 1.165) is 31.5 Å². The van der Waals surface area contributed by atoms with Crippen molar-refractivity contribution in [2.24, 2.45) is 0 Å². The Kier molecular flexibility index (Phi) is 6.44. The van der Waals surface area contributed by atoms with Crippen molar-refractivity contribution in [3.05, 3.63) is 80.2 Å². The standard InChI is InChI=1S/C25H27ClN2O3/c1-16-6-8-18(9-7-16)21(28-10-4-3-5-11-28)15-27-25(30)24-14-22(29)19-13-20(26)17(2)12-23(19)31-24/h6-9,12-14,21H,3-5,10-11,15H2,1-2H3,(H,27,30)/t21-/m1/s1. The van der Waals surface area contributed by atoms with Crippen molar-refractivity contribution in [1.29, 1.82) is 0 Å². The molecular weight excluding hydrogens is 412 g/mol. The van der Waals surface area contributed by atoms with Crippen LogP contribution < -0.4 is 10.7 Å². The Bertz CT molecular complexity index is 1150. The van der Waals surface area contributed by atoms with Gasteiger partial charge in [0, 0.05) is 17.6 Å². The van der Waals surface area contributed by atoms with Gasteiger partial charge < -0.3 is 9.73 Å². The molecule has 0 saturated carbocycles. The molecule has 3 aromatic rings. The molecule has 1 atom stereocenters. The topological polar surface area (TPSA) is 62.6 Å². The Labute approximate surface area is 187 Å². The van der Waals surface area contributed by atoms with E-state index in [4.69, 9.17) is 16.0 Å². The average Bonchev–Trinajstić information content (AvgIpc) is 2.77. The number of nitrogens with one attached hydrogen (secondary N) is 1. The van der Waals surface area contributed by atoms with E-state index in [2.05, 4.69) is 41.4 Å². The molecule has 1 aliphatic rings. The van der Waals surface area contributed by atoms with E-state index in [1.807, 2.05) is 6.92 Å². The largest absolute Gasteiger partial charge is 0.451 e. The van der Waals surface area contributed by atoms with Gasteiger partial charge in [0.05, 0.1) is 11.4 Å². The molecule has 0 unspecified atom stereocenters. The molecule has 1 aliphatic heterocycles. The number of amides is 1. The van der Waals surface area contributed by atoms with Gasteiger partial charge in [-0.2, -0.15) is 0 Å². The molecule has 5 nitrogen and oxygen atoms in total. The molecule has 1 amide bonds. The van der Waals surface area contributed by atoms with E-state index in [-0.39, 0.29) is 23.1 Å². The molecule has 162 valence electrons. The number of rotatable bonds is 5. The number of benzene rings is 2. The molecule has 1 N–H and O–H groups in total. The third kappa shape index (κ3) is 4.83. The lowest BCUT2D eigenvalue weighted by molar-refractivity contribution is 0.0897. The summed E-state index contributed by atoms with van der Waals surface area (Å²) in [7, 11) is 0. The van der Waals surface area contributed by atoms with Crippen LogP contribution in [-0.4, -0.2) is 30.4 Å². The van der Waals surface area contributed by atoms with E-state index < -0.39 is 0 Å². The lowest BCUT2D eigenvalue weighted by Crippen LogP contribution is -2.40. The van der Waals surface area contributed by atoms with Crippen LogP contribution in [0, 0.1) is 13.8 Å². The minimum absolute atomic E-state index is 0.0144. The van der Waals surface area contributed by atoms with Gasteiger partial charge in [-0.05, 0) is 63.0 Å². The van der Waals surface area contributed by atoms with E-state index in [1.165, 1.54) is 23.6 Å². The van der Waals surface area contributed by atoms with Crippen molar-refractivity contribution in [2.75, 3.05) is 19.6 Å². The second-order valence-electron chi connectivity index (χ2n) is 8.31. The molecule has 1 saturated heterocycles. The first-order valence-electron chi connectivity index (χ1n) is 10.8. The van der Waals surface area contributed by atoms with Crippen molar-refractivity contribution < 1.29 is 9.21 Å². The van der Waals surface area contributed by atoms with Crippen LogP contribution in [0.25, 0.3) is 11.0 Å². The zero-order valence-electron chi connectivity index (χ0n) is 17.9. The lowest BCUT2D eigenvalue weighted by atomic mass is 10.0. The van der Waals surface area contributed by atoms with E-state index >= 15 is 0 Å². The number of piperidine rings is 1. The number of likely N-dealkylation sites (tertiary alicyclic amines) is 1. The zero-order chi connectivity index (χ0) is 22.0. The van der Waals surface area contributed by atoms with Crippen LogP contribution in [0.4, 0.5) is 0 Å². The normalized spacial score (nSPS) is 15.7. The molecule has 4 rings (SSSR count). The molecule has 0 aliphatic carbocycles. The summed E-state index contributed by atoms with van der Waals surface area (Å²) in [4.78, 5) is 27.8. The highest BCUT2D eigenvalue weighted by molar-refractivity contribution is 6.32. The molecule has 31 heavy (non-hydrogen) atoms. The van der Waals surface area contributed by atoms with Crippen LogP contribution in [0.5, 0.6) is 0 Å². The fourth-order valence-corrected chi connectivity index (χ4v) is 4.31. The number of halogens is 1. The molecule has 0 spiro atoms. The Hall–Kier alpha value is -2.63. The maximum Gasteiger partial charge on any atom is 0.287 e. The third-order valence-corrected chi connectivity index (χ3v) is 6.39. The maximum atomic E-state index is 12.9. The van der Waals surface area contributed by atoms with E-state index in [9.17, 15) is 9.59 Å². The monoisotopic (exact) mass is 438 g/mol. The summed E-state index contributed by atoms with van der Waals surface area (Å²) in [5.41, 5.74) is 3.26. The first kappa shape index (κ1) is 21.6. The van der Waals surface area contributed by atoms with Crippen LogP contribution in [0.1, 0.15) is 52.5 Å². The van der Waals surface area contributed by atoms with E-state index in [1.54, 1.807) is 12.1 Å². The highest BCUT2D eigenvalue weighted by Crippen LogP contribution is 2.25. The smallest absolute Gasteiger partial charge is 0.287 e. The molecule has 2 aromatic carbocycles. The van der Waals surface area contributed by atoms with Crippen LogP contribution in [0.15, 0.2) is 51.7 Å². The van der Waals surface area contributed by atoms with E-state index in [0.29, 0.717) is 22.5 Å². The van der Waals surface area contributed by atoms with Gasteiger partial charge in [-0.15, -0.1) is 0 Å². The summed E-state index contributed by atoms with van der Waals surface area (Å²) in [5.74, 6) is -0.374. The number of aryl methyl sites for hydroxylation is 2. The second-order valence-corrected chi connectivity index (χ2v) is 8.71. The van der Waals surface area contributed by atoms with Crippen LogP contribution in [0.3, 0.4) is 0 Å². The first-order valence-corrected chi connectivity index (χ1v) is 11.1. The maximum absolute atomic E-state index is 12.9. The number of hydrogen-bond donors (Lipinski definition) is 1. The number of carbonyl (C=O) groups excluding carboxylic acids is 1. The summed E-state index contributed by atoms with van der Waals surface area (Å²) in [6.45, 7) is 6.37. The third-order valence-electron chi connectivity index (χ3n) is 5.98. The molecule has 0 bridgehead atoms. The molecule has 6 heteroatoms. The van der Waals surface area contributed by atoms with Crippen molar-refractivity contribution >= 4 is 28.5 Å². The van der Waals surface area contributed by atoms with Crippen LogP contribution >= 0.6 is 11.6 Å². The number of hydrogen-bond acceptors (Lipinski definition) is 4. The van der Waals surface area contributed by atoms with Gasteiger partial charge in [-0.1, -0.05) is 47.9 Å². The minimum Gasteiger partial charge on any atom is -0.451 e. The highest BCUT2D eigenvalue weighted by atomic mass is 35.5. The van der Waals surface area contributed by atoms with Gasteiger partial charge in [-0.3, -0.25) is 14.5 Å². The number of nitrogens with zero attached hydrogens (tertiary/aromatic N) is 1. The fourth-order valence-electron chi connectivity index (χ4n) is 4.14.